The molecule has 1 saturated heterocycles. The number of aromatic nitrogens is 3. The molecular formula is C33H36F2N4O4S. The SMILES string of the molecule is CC(C)c1cc(F)c(COc2ccc(-c3c(-c4ccncc4)nn4c3C(=O)N(CC3COC(C)(C)O3)CC4)cc2)c(F)c1.S. The van der Waals surface area contributed by atoms with Gasteiger partial charge in [-0.05, 0) is 67.3 Å². The largest absolute Gasteiger partial charge is 0.489 e. The molecule has 2 aromatic heterocycles. The molecule has 0 aliphatic carbocycles. The minimum atomic E-state index is -0.677. The number of pyridine rings is 1. The van der Waals surface area contributed by atoms with Crippen LogP contribution in [-0.2, 0) is 22.6 Å². The zero-order valence-corrected chi connectivity index (χ0v) is 26.1. The molecule has 0 radical (unpaired) electrons. The quantitative estimate of drug-likeness (QED) is 0.229. The average molecular weight is 623 g/mol. The fraction of sp³-hybridized carbons (Fsp3) is 0.364. The van der Waals surface area contributed by atoms with Crippen LogP contribution in [0.1, 0.15) is 55.2 Å². The first-order chi connectivity index (χ1) is 20.6. The maximum atomic E-state index is 14.6. The molecule has 2 aromatic carbocycles. The van der Waals surface area contributed by atoms with E-state index in [1.807, 2.05) is 52.0 Å². The van der Waals surface area contributed by atoms with E-state index >= 15 is 0 Å². The Bertz CT molecular complexity index is 1620. The summed E-state index contributed by atoms with van der Waals surface area (Å²) >= 11 is 0. The van der Waals surface area contributed by atoms with Crippen LogP contribution in [-0.4, -0.2) is 57.2 Å². The predicted molar refractivity (Wildman–Crippen MR) is 167 cm³/mol. The van der Waals surface area contributed by atoms with Gasteiger partial charge in [0.05, 0.1) is 18.7 Å². The highest BCUT2D eigenvalue weighted by Gasteiger charge is 2.38. The third kappa shape index (κ3) is 6.36. The fourth-order valence-electron chi connectivity index (χ4n) is 5.53. The lowest BCUT2D eigenvalue weighted by Gasteiger charge is -2.30. The van der Waals surface area contributed by atoms with E-state index in [0.717, 1.165) is 11.1 Å². The number of rotatable bonds is 8. The minimum absolute atomic E-state index is 0. The average Bonchev–Trinajstić information content (AvgIpc) is 3.54. The normalized spacial score (nSPS) is 17.5. The van der Waals surface area contributed by atoms with E-state index in [0.29, 0.717) is 54.5 Å². The van der Waals surface area contributed by atoms with Crippen LogP contribution in [0.15, 0.2) is 60.9 Å². The van der Waals surface area contributed by atoms with E-state index in [1.54, 1.807) is 34.1 Å². The third-order valence-corrected chi connectivity index (χ3v) is 7.83. The van der Waals surface area contributed by atoms with E-state index in [2.05, 4.69) is 4.98 Å². The maximum absolute atomic E-state index is 14.6. The zero-order valence-electron chi connectivity index (χ0n) is 25.1. The topological polar surface area (TPSA) is 78.7 Å². The van der Waals surface area contributed by atoms with Gasteiger partial charge in [0.1, 0.15) is 41.5 Å². The summed E-state index contributed by atoms with van der Waals surface area (Å²) in [4.78, 5) is 19.8. The van der Waals surface area contributed by atoms with Crippen molar-refractivity contribution < 1.29 is 27.8 Å². The Kier molecular flexibility index (Phi) is 9.10. The van der Waals surface area contributed by atoms with Crippen LogP contribution in [0.25, 0.3) is 22.4 Å². The van der Waals surface area contributed by atoms with Gasteiger partial charge < -0.3 is 19.1 Å². The Balaban J connectivity index is 0.00000384. The van der Waals surface area contributed by atoms with Crippen molar-refractivity contribution in [1.82, 2.24) is 19.7 Å². The van der Waals surface area contributed by atoms with Crippen LogP contribution < -0.4 is 4.74 Å². The van der Waals surface area contributed by atoms with Crippen molar-refractivity contribution in [3.05, 3.63) is 89.4 Å². The molecule has 11 heteroatoms. The Morgan fingerprint density at radius 3 is 2.32 bits per heavy atom. The van der Waals surface area contributed by atoms with Gasteiger partial charge in [0, 0.05) is 36.6 Å². The predicted octanol–water partition coefficient (Wildman–Crippen LogP) is 6.31. The Morgan fingerprint density at radius 1 is 1.02 bits per heavy atom. The highest BCUT2D eigenvalue weighted by atomic mass is 32.1. The first kappa shape index (κ1) is 31.6. The summed E-state index contributed by atoms with van der Waals surface area (Å²) < 4.78 is 48.5. The molecule has 4 aromatic rings. The Morgan fingerprint density at radius 2 is 1.70 bits per heavy atom. The van der Waals surface area contributed by atoms with Gasteiger partial charge in [0.2, 0.25) is 0 Å². The fourth-order valence-corrected chi connectivity index (χ4v) is 5.53. The van der Waals surface area contributed by atoms with Crippen LogP contribution in [0.2, 0.25) is 0 Å². The van der Waals surface area contributed by atoms with Gasteiger partial charge in [-0.2, -0.15) is 18.6 Å². The van der Waals surface area contributed by atoms with Crippen molar-refractivity contribution in [3.8, 4) is 28.1 Å². The monoisotopic (exact) mass is 622 g/mol. The van der Waals surface area contributed by atoms with Crippen LogP contribution >= 0.6 is 13.5 Å². The van der Waals surface area contributed by atoms with Crippen molar-refractivity contribution in [2.24, 2.45) is 0 Å². The minimum Gasteiger partial charge on any atom is -0.489 e. The standard InChI is InChI=1S/C33H34F2N4O4.H2S/c1-20(2)23-15-27(34)26(28(35)16-23)19-41-24-7-5-21(6-8-24)29-30(22-9-11-36-12-10-22)37-39-14-13-38(32(40)31(29)39)17-25-18-42-33(3,4)43-25;/h5-12,15-16,20,25H,13-14,17-19H2,1-4H3;1H2. The first-order valence-electron chi connectivity index (χ1n) is 14.4. The van der Waals surface area contributed by atoms with Gasteiger partial charge >= 0.3 is 0 Å². The first-order valence-corrected chi connectivity index (χ1v) is 14.4. The van der Waals surface area contributed by atoms with Crippen molar-refractivity contribution in [3.63, 3.8) is 0 Å². The van der Waals surface area contributed by atoms with Gasteiger partial charge in [-0.3, -0.25) is 14.5 Å². The van der Waals surface area contributed by atoms with Crippen LogP contribution in [0.4, 0.5) is 8.78 Å². The third-order valence-electron chi connectivity index (χ3n) is 7.83. The summed E-state index contributed by atoms with van der Waals surface area (Å²) in [5.41, 5.74) is 3.91. The molecule has 8 nitrogen and oxygen atoms in total. The number of nitrogens with zero attached hydrogens (tertiary/aromatic N) is 4. The molecule has 6 rings (SSSR count). The Labute approximate surface area is 262 Å². The van der Waals surface area contributed by atoms with Crippen molar-refractivity contribution >= 4 is 19.4 Å². The number of fused-ring (bicyclic) bond motifs is 1. The molecule has 2 aliphatic heterocycles. The zero-order chi connectivity index (χ0) is 30.3. The van der Waals surface area contributed by atoms with Crippen molar-refractivity contribution in [1.29, 1.82) is 0 Å². The van der Waals surface area contributed by atoms with Crippen LogP contribution in [0.3, 0.4) is 0 Å². The maximum Gasteiger partial charge on any atom is 0.272 e. The summed E-state index contributed by atoms with van der Waals surface area (Å²) in [6.07, 6.45) is 3.16. The molecular weight excluding hydrogens is 586 g/mol. The van der Waals surface area contributed by atoms with Crippen LogP contribution in [0, 0.1) is 11.6 Å². The molecule has 1 atom stereocenters. The molecule has 2 aliphatic rings. The molecule has 4 heterocycles. The van der Waals surface area contributed by atoms with Crippen molar-refractivity contribution in [2.75, 3.05) is 19.7 Å². The smallest absolute Gasteiger partial charge is 0.272 e. The molecule has 0 saturated carbocycles. The second kappa shape index (κ2) is 12.7. The highest BCUT2D eigenvalue weighted by Crippen LogP contribution is 2.37. The number of hydrogen-bond acceptors (Lipinski definition) is 6. The number of benzene rings is 2. The van der Waals surface area contributed by atoms with E-state index in [9.17, 15) is 13.6 Å². The number of carbonyl (C=O) groups is 1. The highest BCUT2D eigenvalue weighted by molar-refractivity contribution is 7.59. The van der Waals surface area contributed by atoms with Gasteiger partial charge in [0.25, 0.3) is 5.91 Å². The molecule has 1 unspecified atom stereocenters. The molecule has 1 fully saturated rings. The number of carbonyl (C=O) groups excluding carboxylic acids is 1. The molecule has 1 amide bonds. The van der Waals surface area contributed by atoms with Crippen LogP contribution in [0.5, 0.6) is 5.75 Å². The number of ether oxygens (including phenoxy) is 3. The number of hydrogen-bond donors (Lipinski definition) is 0. The van der Waals surface area contributed by atoms with E-state index < -0.39 is 17.4 Å². The molecule has 0 bridgehead atoms. The molecule has 0 N–H and O–H groups in total. The summed E-state index contributed by atoms with van der Waals surface area (Å²) in [6, 6.07) is 13.5. The van der Waals surface area contributed by atoms with Gasteiger partial charge in [-0.25, -0.2) is 8.78 Å². The molecule has 0 spiro atoms. The second-order valence-electron chi connectivity index (χ2n) is 11.7. The summed E-state index contributed by atoms with van der Waals surface area (Å²) in [5, 5.41) is 4.85. The lowest BCUT2D eigenvalue weighted by atomic mass is 9.98. The second-order valence-corrected chi connectivity index (χ2v) is 11.7. The van der Waals surface area contributed by atoms with E-state index in [4.69, 9.17) is 19.3 Å². The molecule has 232 valence electrons. The summed E-state index contributed by atoms with van der Waals surface area (Å²) in [7, 11) is 0. The summed E-state index contributed by atoms with van der Waals surface area (Å²) in [5.74, 6) is -1.63. The lowest BCUT2D eigenvalue weighted by molar-refractivity contribution is -0.139. The van der Waals surface area contributed by atoms with Gasteiger partial charge in [0.15, 0.2) is 5.79 Å². The van der Waals surface area contributed by atoms with Gasteiger partial charge in [-0.1, -0.05) is 26.0 Å². The van der Waals surface area contributed by atoms with E-state index in [-0.39, 0.29) is 43.6 Å². The summed E-state index contributed by atoms with van der Waals surface area (Å²) in [6.45, 7) is 9.11. The molecule has 44 heavy (non-hydrogen) atoms. The van der Waals surface area contributed by atoms with E-state index in [1.165, 1.54) is 12.1 Å². The number of amides is 1. The lowest BCUT2D eigenvalue weighted by Crippen LogP contribution is -2.45. The van der Waals surface area contributed by atoms with Crippen molar-refractivity contribution in [2.45, 2.75) is 58.7 Å². The number of halogens is 2. The Hall–Kier alpha value is -3.80. The van der Waals surface area contributed by atoms with Gasteiger partial charge in [-0.15, -0.1) is 0 Å².